The Labute approximate surface area is 180 Å². The lowest BCUT2D eigenvalue weighted by Crippen LogP contribution is -2.40. The first-order valence-electron chi connectivity index (χ1n) is 9.48. The van der Waals surface area contributed by atoms with E-state index in [1.54, 1.807) is 31.6 Å². The first-order valence-corrected chi connectivity index (χ1v) is 10.9. The lowest BCUT2D eigenvalue weighted by atomic mass is 10.3. The van der Waals surface area contributed by atoms with Crippen molar-refractivity contribution in [2.75, 3.05) is 56.7 Å². The number of rotatable bonds is 8. The molecule has 11 nitrogen and oxygen atoms in total. The molecule has 1 N–H and O–H groups in total. The number of hydrogen-bond donors (Lipinski definition) is 1. The van der Waals surface area contributed by atoms with Gasteiger partial charge >= 0.3 is 5.97 Å². The summed E-state index contributed by atoms with van der Waals surface area (Å²) in [5, 5.41) is 2.54. The fraction of sp³-hybridized carbons (Fsp3) is 0.368. The van der Waals surface area contributed by atoms with E-state index < -0.39 is 28.5 Å². The SMILES string of the molecule is CN(CC(=O)OCC(=O)Nc1cccc(S(=O)(=O)N2CCOCC2)c1)c1ncccn1. The van der Waals surface area contributed by atoms with Crippen molar-refractivity contribution in [3.05, 3.63) is 42.7 Å². The molecule has 31 heavy (non-hydrogen) atoms. The van der Waals surface area contributed by atoms with Crippen LogP contribution in [-0.4, -0.2) is 81.1 Å². The molecule has 1 amide bonds. The molecule has 0 atom stereocenters. The topological polar surface area (TPSA) is 131 Å². The molecule has 0 radical (unpaired) electrons. The minimum absolute atomic E-state index is 0.0636. The van der Waals surface area contributed by atoms with Crippen LogP contribution in [0.1, 0.15) is 0 Å². The Hall–Kier alpha value is -3.09. The van der Waals surface area contributed by atoms with Crippen molar-refractivity contribution < 1.29 is 27.5 Å². The van der Waals surface area contributed by atoms with Gasteiger partial charge in [0.15, 0.2) is 6.61 Å². The number of aromatic nitrogens is 2. The number of morpholine rings is 1. The summed E-state index contributed by atoms with van der Waals surface area (Å²) in [7, 11) is -2.06. The second-order valence-corrected chi connectivity index (χ2v) is 8.60. The number of amides is 1. The molecule has 1 aromatic carbocycles. The zero-order valence-electron chi connectivity index (χ0n) is 16.9. The molecule has 1 fully saturated rings. The number of benzene rings is 1. The van der Waals surface area contributed by atoms with Crippen LogP contribution in [0.2, 0.25) is 0 Å². The van der Waals surface area contributed by atoms with Crippen LogP contribution >= 0.6 is 0 Å². The lowest BCUT2D eigenvalue weighted by Gasteiger charge is -2.26. The van der Waals surface area contributed by atoms with E-state index in [2.05, 4.69) is 15.3 Å². The van der Waals surface area contributed by atoms with E-state index in [0.717, 1.165) is 0 Å². The molecule has 166 valence electrons. The van der Waals surface area contributed by atoms with Crippen LogP contribution in [0.25, 0.3) is 0 Å². The molecule has 1 saturated heterocycles. The molecule has 0 spiro atoms. The maximum atomic E-state index is 12.7. The maximum Gasteiger partial charge on any atom is 0.326 e. The number of sulfonamides is 1. The van der Waals surface area contributed by atoms with E-state index in [1.807, 2.05) is 0 Å². The Morgan fingerprint density at radius 1 is 1.19 bits per heavy atom. The fourth-order valence-corrected chi connectivity index (χ4v) is 4.27. The van der Waals surface area contributed by atoms with Crippen LogP contribution in [0.5, 0.6) is 0 Å². The van der Waals surface area contributed by atoms with E-state index in [9.17, 15) is 18.0 Å². The van der Waals surface area contributed by atoms with Gasteiger partial charge in [-0.05, 0) is 24.3 Å². The van der Waals surface area contributed by atoms with Crippen LogP contribution in [0.4, 0.5) is 11.6 Å². The van der Waals surface area contributed by atoms with E-state index in [-0.39, 0.29) is 30.2 Å². The van der Waals surface area contributed by atoms with Crippen LogP contribution in [0.15, 0.2) is 47.6 Å². The molecule has 0 aliphatic carbocycles. The lowest BCUT2D eigenvalue weighted by molar-refractivity contribution is -0.145. The molecule has 2 aromatic rings. The van der Waals surface area contributed by atoms with Crippen molar-refractivity contribution in [2.24, 2.45) is 0 Å². The normalized spacial score (nSPS) is 14.6. The monoisotopic (exact) mass is 449 g/mol. The molecule has 1 aliphatic rings. The molecule has 0 unspecified atom stereocenters. The summed E-state index contributed by atoms with van der Waals surface area (Å²) in [5.41, 5.74) is 0.283. The number of hydrogen-bond acceptors (Lipinski definition) is 9. The number of ether oxygens (including phenoxy) is 2. The van der Waals surface area contributed by atoms with Gasteiger partial charge in [0.2, 0.25) is 16.0 Å². The van der Waals surface area contributed by atoms with Gasteiger partial charge in [0.1, 0.15) is 6.54 Å². The molecule has 0 saturated carbocycles. The fourth-order valence-electron chi connectivity index (χ4n) is 2.81. The van der Waals surface area contributed by atoms with Crippen molar-refractivity contribution in [3.8, 4) is 0 Å². The third-order valence-corrected chi connectivity index (χ3v) is 6.24. The summed E-state index contributed by atoms with van der Waals surface area (Å²) in [4.78, 5) is 33.7. The van der Waals surface area contributed by atoms with Gasteiger partial charge in [0.25, 0.3) is 5.91 Å². The van der Waals surface area contributed by atoms with Gasteiger partial charge in [-0.2, -0.15) is 4.31 Å². The van der Waals surface area contributed by atoms with Crippen LogP contribution < -0.4 is 10.2 Å². The Kier molecular flexibility index (Phi) is 7.50. The number of nitrogens with zero attached hydrogens (tertiary/aromatic N) is 4. The van der Waals surface area contributed by atoms with E-state index in [1.165, 1.54) is 27.4 Å². The van der Waals surface area contributed by atoms with Crippen LogP contribution in [0.3, 0.4) is 0 Å². The molecule has 12 heteroatoms. The molecule has 0 bridgehead atoms. The summed E-state index contributed by atoms with van der Waals surface area (Å²) in [5.74, 6) is -0.871. The summed E-state index contributed by atoms with van der Waals surface area (Å²) in [6.07, 6.45) is 3.09. The number of likely N-dealkylation sites (N-methyl/N-ethyl adjacent to an activating group) is 1. The number of anilines is 2. The highest BCUT2D eigenvalue weighted by Gasteiger charge is 2.26. The standard InChI is InChI=1S/C19H23N5O6S/c1-23(19-20-6-3-7-21-19)13-18(26)30-14-17(25)22-15-4-2-5-16(12-15)31(27,28)24-8-10-29-11-9-24/h2-7,12H,8-11,13-14H2,1H3,(H,22,25). The average Bonchev–Trinajstić information content (AvgIpc) is 2.79. The molecule has 3 rings (SSSR count). The van der Waals surface area contributed by atoms with Gasteiger partial charge in [-0.1, -0.05) is 6.07 Å². The van der Waals surface area contributed by atoms with Gasteiger partial charge in [0.05, 0.1) is 18.1 Å². The van der Waals surface area contributed by atoms with Gasteiger partial charge in [-0.15, -0.1) is 0 Å². The Balaban J connectivity index is 1.52. The smallest absolute Gasteiger partial charge is 0.326 e. The molecule has 1 aliphatic heterocycles. The minimum atomic E-state index is -3.69. The quantitative estimate of drug-likeness (QED) is 0.558. The van der Waals surface area contributed by atoms with Gasteiger partial charge in [-0.3, -0.25) is 9.59 Å². The Bertz CT molecular complexity index is 1010. The zero-order valence-corrected chi connectivity index (χ0v) is 17.7. The summed E-state index contributed by atoms with van der Waals surface area (Å²) >= 11 is 0. The Morgan fingerprint density at radius 2 is 1.90 bits per heavy atom. The van der Waals surface area contributed by atoms with E-state index in [4.69, 9.17) is 9.47 Å². The second-order valence-electron chi connectivity index (χ2n) is 6.66. The highest BCUT2D eigenvalue weighted by atomic mass is 32.2. The van der Waals surface area contributed by atoms with Crippen molar-refractivity contribution in [1.82, 2.24) is 14.3 Å². The van der Waals surface area contributed by atoms with E-state index in [0.29, 0.717) is 19.2 Å². The number of carbonyl (C=O) groups is 2. The first kappa shape index (κ1) is 22.6. The molecule has 1 aromatic heterocycles. The summed E-state index contributed by atoms with van der Waals surface area (Å²) < 4.78 is 37.0. The third-order valence-electron chi connectivity index (χ3n) is 4.35. The average molecular weight is 449 g/mol. The number of nitrogens with one attached hydrogen (secondary N) is 1. The number of carbonyl (C=O) groups excluding carboxylic acids is 2. The predicted octanol–water partition coefficient (Wildman–Crippen LogP) is 0.116. The summed E-state index contributed by atoms with van der Waals surface area (Å²) in [6.45, 7) is 0.585. The third kappa shape index (κ3) is 6.20. The van der Waals surface area contributed by atoms with Crippen LogP contribution in [-0.2, 0) is 29.1 Å². The predicted molar refractivity (Wildman–Crippen MR) is 111 cm³/mol. The molecular formula is C19H23N5O6S. The van der Waals surface area contributed by atoms with Gasteiger partial charge < -0.3 is 19.7 Å². The second kappa shape index (κ2) is 10.3. The van der Waals surface area contributed by atoms with Gasteiger partial charge in [0, 0.05) is 38.2 Å². The minimum Gasteiger partial charge on any atom is -0.454 e. The highest BCUT2D eigenvalue weighted by molar-refractivity contribution is 7.89. The Morgan fingerprint density at radius 3 is 2.61 bits per heavy atom. The van der Waals surface area contributed by atoms with Crippen molar-refractivity contribution in [2.45, 2.75) is 4.90 Å². The molecular weight excluding hydrogens is 426 g/mol. The zero-order chi connectivity index (χ0) is 22.3. The maximum absolute atomic E-state index is 12.7. The first-order chi connectivity index (χ1) is 14.9. The van der Waals surface area contributed by atoms with E-state index >= 15 is 0 Å². The van der Waals surface area contributed by atoms with Crippen molar-refractivity contribution >= 4 is 33.5 Å². The highest BCUT2D eigenvalue weighted by Crippen LogP contribution is 2.20. The van der Waals surface area contributed by atoms with Crippen LogP contribution in [0, 0.1) is 0 Å². The van der Waals surface area contributed by atoms with Crippen molar-refractivity contribution in [3.63, 3.8) is 0 Å². The number of esters is 1. The van der Waals surface area contributed by atoms with Gasteiger partial charge in [-0.25, -0.2) is 18.4 Å². The van der Waals surface area contributed by atoms with Crippen molar-refractivity contribution in [1.29, 1.82) is 0 Å². The largest absolute Gasteiger partial charge is 0.454 e. The summed E-state index contributed by atoms with van der Waals surface area (Å²) in [6, 6.07) is 7.57. The molecule has 2 heterocycles.